The van der Waals surface area contributed by atoms with Gasteiger partial charge in [0.15, 0.2) is 0 Å². The molecule has 0 aliphatic carbocycles. The van der Waals surface area contributed by atoms with Crippen LogP contribution in [0.4, 0.5) is 28.8 Å². The number of nitrogens with zero attached hydrogens (tertiary/aromatic N) is 3. The summed E-state index contributed by atoms with van der Waals surface area (Å²) in [6.45, 7) is 5.59. The fourth-order valence-corrected chi connectivity index (χ4v) is 4.58. The van der Waals surface area contributed by atoms with Crippen molar-refractivity contribution in [1.29, 1.82) is 0 Å². The van der Waals surface area contributed by atoms with Gasteiger partial charge in [-0.05, 0) is 86.5 Å². The Morgan fingerprint density at radius 1 is 0.771 bits per heavy atom. The van der Waals surface area contributed by atoms with Crippen LogP contribution in [-0.2, 0) is 10.0 Å². The highest BCUT2D eigenvalue weighted by molar-refractivity contribution is 7.92. The first-order valence-electron chi connectivity index (χ1n) is 10.8. The van der Waals surface area contributed by atoms with Crippen LogP contribution in [-0.4, -0.2) is 30.5 Å². The summed E-state index contributed by atoms with van der Waals surface area (Å²) < 4.78 is 33.4. The maximum atomic E-state index is 12.8. The topological polar surface area (TPSA) is 118 Å². The van der Waals surface area contributed by atoms with Crippen molar-refractivity contribution in [3.63, 3.8) is 0 Å². The van der Waals surface area contributed by atoms with Gasteiger partial charge in [-0.25, -0.2) is 23.4 Å². The van der Waals surface area contributed by atoms with Crippen molar-refractivity contribution in [2.45, 2.75) is 25.7 Å². The standard InChI is InChI=1S/C25H26N6O3S/c1-16-11-12-26-23(13-16)30-25-15-24(27-18(3)28-25)29-19-5-7-20(8-6-19)31-35(32,33)21-9-10-22(34-4)17(2)14-21/h5-15,31H,1-4H3,(H2,26,27,28,29,30). The average molecular weight is 491 g/mol. The second kappa shape index (κ2) is 9.98. The summed E-state index contributed by atoms with van der Waals surface area (Å²) in [5.41, 5.74) is 3.01. The van der Waals surface area contributed by atoms with Crippen LogP contribution in [0, 0.1) is 20.8 Å². The molecule has 0 atom stereocenters. The molecule has 0 amide bonds. The van der Waals surface area contributed by atoms with Crippen LogP contribution in [0.3, 0.4) is 0 Å². The van der Waals surface area contributed by atoms with Gasteiger partial charge in [0.2, 0.25) is 0 Å². The molecule has 10 heteroatoms. The van der Waals surface area contributed by atoms with Crippen LogP contribution >= 0.6 is 0 Å². The number of pyridine rings is 1. The van der Waals surface area contributed by atoms with Crippen molar-refractivity contribution in [2.24, 2.45) is 0 Å². The van der Waals surface area contributed by atoms with E-state index in [0.29, 0.717) is 34.7 Å². The highest BCUT2D eigenvalue weighted by Gasteiger charge is 2.16. The minimum absolute atomic E-state index is 0.164. The molecule has 0 unspecified atom stereocenters. The van der Waals surface area contributed by atoms with Crippen LogP contribution in [0.15, 0.2) is 71.8 Å². The van der Waals surface area contributed by atoms with E-state index in [2.05, 4.69) is 30.3 Å². The van der Waals surface area contributed by atoms with Crippen LogP contribution in [0.25, 0.3) is 0 Å². The molecular formula is C25H26N6O3S. The maximum Gasteiger partial charge on any atom is 0.261 e. The summed E-state index contributed by atoms with van der Waals surface area (Å²) in [4.78, 5) is 13.3. The molecule has 2 aromatic heterocycles. The lowest BCUT2D eigenvalue weighted by molar-refractivity contribution is 0.411. The Morgan fingerprint density at radius 2 is 1.46 bits per heavy atom. The van der Waals surface area contributed by atoms with Gasteiger partial charge in [0, 0.05) is 23.6 Å². The molecule has 35 heavy (non-hydrogen) atoms. The Balaban J connectivity index is 1.46. The van der Waals surface area contributed by atoms with E-state index in [1.54, 1.807) is 69.6 Å². The predicted molar refractivity (Wildman–Crippen MR) is 137 cm³/mol. The van der Waals surface area contributed by atoms with Crippen molar-refractivity contribution in [2.75, 3.05) is 22.5 Å². The molecule has 0 saturated carbocycles. The van der Waals surface area contributed by atoms with Crippen molar-refractivity contribution in [3.05, 3.63) is 83.8 Å². The van der Waals surface area contributed by atoms with Crippen molar-refractivity contribution in [3.8, 4) is 5.75 Å². The maximum absolute atomic E-state index is 12.8. The molecule has 0 bridgehead atoms. The first-order valence-corrected chi connectivity index (χ1v) is 12.3. The molecule has 3 N–H and O–H groups in total. The van der Waals surface area contributed by atoms with E-state index < -0.39 is 10.0 Å². The summed E-state index contributed by atoms with van der Waals surface area (Å²) in [7, 11) is -2.19. The third-order valence-electron chi connectivity index (χ3n) is 5.10. The molecule has 2 aromatic carbocycles. The zero-order chi connectivity index (χ0) is 25.0. The van der Waals surface area contributed by atoms with Crippen LogP contribution in [0.1, 0.15) is 17.0 Å². The summed E-state index contributed by atoms with van der Waals surface area (Å²) in [5.74, 6) is 3.11. The van der Waals surface area contributed by atoms with E-state index in [1.807, 2.05) is 19.1 Å². The molecular weight excluding hydrogens is 464 g/mol. The van der Waals surface area contributed by atoms with E-state index in [1.165, 1.54) is 6.07 Å². The molecule has 0 aliphatic rings. The van der Waals surface area contributed by atoms with Gasteiger partial charge in [-0.3, -0.25) is 4.72 Å². The van der Waals surface area contributed by atoms with Crippen LogP contribution in [0.5, 0.6) is 5.75 Å². The van der Waals surface area contributed by atoms with E-state index in [-0.39, 0.29) is 4.90 Å². The minimum atomic E-state index is -3.74. The van der Waals surface area contributed by atoms with Gasteiger partial charge >= 0.3 is 0 Å². The Bertz CT molecular complexity index is 1460. The van der Waals surface area contributed by atoms with Gasteiger partial charge in [0.25, 0.3) is 10.0 Å². The van der Waals surface area contributed by atoms with Gasteiger partial charge in [-0.15, -0.1) is 0 Å². The zero-order valence-electron chi connectivity index (χ0n) is 19.8. The van der Waals surface area contributed by atoms with Gasteiger partial charge in [0.05, 0.1) is 12.0 Å². The first kappa shape index (κ1) is 24.0. The molecule has 4 aromatic rings. The number of hydrogen-bond acceptors (Lipinski definition) is 8. The molecule has 2 heterocycles. The van der Waals surface area contributed by atoms with Crippen LogP contribution in [0.2, 0.25) is 0 Å². The Hall–Kier alpha value is -4.18. The highest BCUT2D eigenvalue weighted by atomic mass is 32.2. The van der Waals surface area contributed by atoms with Crippen LogP contribution < -0.4 is 20.1 Å². The molecule has 0 fully saturated rings. The fourth-order valence-electron chi connectivity index (χ4n) is 3.43. The number of ether oxygens (including phenoxy) is 1. The quantitative estimate of drug-likeness (QED) is 0.312. The Labute approximate surface area is 204 Å². The third kappa shape index (κ3) is 6.04. The summed E-state index contributed by atoms with van der Waals surface area (Å²) in [6, 6.07) is 17.3. The highest BCUT2D eigenvalue weighted by Crippen LogP contribution is 2.25. The van der Waals surface area contributed by atoms with Gasteiger partial charge in [-0.1, -0.05) is 0 Å². The van der Waals surface area contributed by atoms with Crippen molar-refractivity contribution in [1.82, 2.24) is 15.0 Å². The fraction of sp³-hybridized carbons (Fsp3) is 0.160. The molecule has 0 radical (unpaired) electrons. The van der Waals surface area contributed by atoms with Gasteiger partial charge in [-0.2, -0.15) is 0 Å². The lowest BCUT2D eigenvalue weighted by Crippen LogP contribution is -2.13. The third-order valence-corrected chi connectivity index (χ3v) is 6.47. The molecule has 4 rings (SSSR count). The van der Waals surface area contributed by atoms with Gasteiger partial charge < -0.3 is 15.4 Å². The lowest BCUT2D eigenvalue weighted by atomic mass is 10.2. The summed E-state index contributed by atoms with van der Waals surface area (Å²) >= 11 is 0. The Morgan fingerprint density at radius 3 is 2.11 bits per heavy atom. The molecule has 0 aliphatic heterocycles. The van der Waals surface area contributed by atoms with E-state index >= 15 is 0 Å². The number of sulfonamides is 1. The van der Waals surface area contributed by atoms with E-state index in [9.17, 15) is 8.42 Å². The average Bonchev–Trinajstić information content (AvgIpc) is 2.80. The molecule has 9 nitrogen and oxygen atoms in total. The summed E-state index contributed by atoms with van der Waals surface area (Å²) in [6.07, 6.45) is 1.73. The summed E-state index contributed by atoms with van der Waals surface area (Å²) in [5, 5.41) is 6.41. The Kier molecular flexibility index (Phi) is 6.83. The van der Waals surface area contributed by atoms with Crippen molar-refractivity contribution < 1.29 is 13.2 Å². The minimum Gasteiger partial charge on any atom is -0.496 e. The lowest BCUT2D eigenvalue weighted by Gasteiger charge is -2.12. The number of hydrogen-bond donors (Lipinski definition) is 3. The van der Waals surface area contributed by atoms with Crippen molar-refractivity contribution >= 4 is 38.9 Å². The van der Waals surface area contributed by atoms with E-state index in [4.69, 9.17) is 4.74 Å². The second-order valence-electron chi connectivity index (χ2n) is 7.97. The number of nitrogens with one attached hydrogen (secondary N) is 3. The number of anilines is 5. The normalized spacial score (nSPS) is 11.1. The molecule has 0 spiro atoms. The van der Waals surface area contributed by atoms with E-state index in [0.717, 1.165) is 16.8 Å². The molecule has 180 valence electrons. The SMILES string of the molecule is COc1ccc(S(=O)(=O)Nc2ccc(Nc3cc(Nc4cc(C)ccn4)nc(C)n3)cc2)cc1C. The number of methoxy groups -OCH3 is 1. The zero-order valence-corrected chi connectivity index (χ0v) is 20.6. The number of aryl methyl sites for hydroxylation is 3. The predicted octanol–water partition coefficient (Wildman–Crippen LogP) is 5.09. The molecule has 0 saturated heterocycles. The monoisotopic (exact) mass is 490 g/mol. The second-order valence-corrected chi connectivity index (χ2v) is 9.65. The number of benzene rings is 2. The van der Waals surface area contributed by atoms with Gasteiger partial charge in [0.1, 0.15) is 29.0 Å². The first-order chi connectivity index (χ1) is 16.7. The number of aromatic nitrogens is 3. The number of rotatable bonds is 8. The largest absolute Gasteiger partial charge is 0.496 e. The smallest absolute Gasteiger partial charge is 0.261 e.